The van der Waals surface area contributed by atoms with Crippen LogP contribution in [0.5, 0.6) is 5.75 Å². The molecule has 2 aromatic carbocycles. The fraction of sp³-hybridized carbons (Fsp3) is 0. The van der Waals surface area contributed by atoms with Crippen molar-refractivity contribution in [1.29, 1.82) is 0 Å². The molecule has 26 heavy (non-hydrogen) atoms. The first-order valence-corrected chi connectivity index (χ1v) is 8.96. The molecule has 4 aromatic rings. The number of thiophene rings is 1. The maximum atomic E-state index is 12.9. The van der Waals surface area contributed by atoms with E-state index in [2.05, 4.69) is 10.1 Å². The Morgan fingerprint density at radius 3 is 2.69 bits per heavy atom. The average Bonchev–Trinajstić information content (AvgIpc) is 3.08. The van der Waals surface area contributed by atoms with E-state index in [0.29, 0.717) is 20.8 Å². The molecule has 5 nitrogen and oxygen atoms in total. The van der Waals surface area contributed by atoms with Gasteiger partial charge in [0, 0.05) is 21.5 Å². The standard InChI is InChI=1S/C19H12ClN3O2S/c20-14-7-5-12(6-8-14)15-10-26-18-17(15)19(25)23(11-21-18)22-9-13-3-1-2-4-16(13)24/h1-11,24H/b22-9-. The highest BCUT2D eigenvalue weighted by molar-refractivity contribution is 7.17. The molecule has 0 aliphatic heterocycles. The number of phenols is 1. The number of phenolic OH excluding ortho intramolecular Hbond substituents is 1. The second-order valence-electron chi connectivity index (χ2n) is 5.53. The highest BCUT2D eigenvalue weighted by Gasteiger charge is 2.13. The predicted molar refractivity (Wildman–Crippen MR) is 105 cm³/mol. The second-order valence-corrected chi connectivity index (χ2v) is 6.83. The molecule has 0 unspecified atom stereocenters. The number of halogens is 1. The van der Waals surface area contributed by atoms with Crippen molar-refractivity contribution in [3.63, 3.8) is 0 Å². The first kappa shape index (κ1) is 16.5. The van der Waals surface area contributed by atoms with Crippen LogP contribution in [0.2, 0.25) is 5.02 Å². The van der Waals surface area contributed by atoms with Crippen LogP contribution in [0, 0.1) is 0 Å². The van der Waals surface area contributed by atoms with Crippen LogP contribution in [0.15, 0.2) is 70.1 Å². The lowest BCUT2D eigenvalue weighted by Crippen LogP contribution is -2.16. The number of rotatable bonds is 3. The summed E-state index contributed by atoms with van der Waals surface area (Å²) in [5, 5.41) is 17.0. The molecule has 0 amide bonds. The van der Waals surface area contributed by atoms with Crippen LogP contribution in [0.25, 0.3) is 21.3 Å². The Morgan fingerprint density at radius 1 is 1.15 bits per heavy atom. The number of benzene rings is 2. The molecule has 1 N–H and O–H groups in total. The number of nitrogens with zero attached hydrogens (tertiary/aromatic N) is 3. The molecule has 0 bridgehead atoms. The van der Waals surface area contributed by atoms with Gasteiger partial charge in [-0.25, -0.2) is 4.98 Å². The van der Waals surface area contributed by atoms with E-state index in [4.69, 9.17) is 11.6 Å². The van der Waals surface area contributed by atoms with Crippen LogP contribution in [0.4, 0.5) is 0 Å². The number of aromatic hydroxyl groups is 1. The Labute approximate surface area is 157 Å². The fourth-order valence-corrected chi connectivity index (χ4v) is 3.60. The van der Waals surface area contributed by atoms with E-state index in [9.17, 15) is 9.90 Å². The lowest BCUT2D eigenvalue weighted by Gasteiger charge is -2.02. The van der Waals surface area contributed by atoms with Gasteiger partial charge in [-0.15, -0.1) is 11.3 Å². The monoisotopic (exact) mass is 381 g/mol. The molecule has 4 rings (SSSR count). The van der Waals surface area contributed by atoms with Crippen LogP contribution in [0.3, 0.4) is 0 Å². The van der Waals surface area contributed by atoms with Crippen molar-refractivity contribution in [2.45, 2.75) is 0 Å². The van der Waals surface area contributed by atoms with Crippen LogP contribution in [-0.2, 0) is 0 Å². The number of aromatic nitrogens is 2. The topological polar surface area (TPSA) is 67.5 Å². The van der Waals surface area contributed by atoms with Crippen molar-refractivity contribution in [1.82, 2.24) is 9.66 Å². The molecule has 2 heterocycles. The van der Waals surface area contributed by atoms with Gasteiger partial charge >= 0.3 is 0 Å². The molecule has 0 aliphatic carbocycles. The zero-order valence-electron chi connectivity index (χ0n) is 13.3. The molecule has 128 valence electrons. The molecular weight excluding hydrogens is 370 g/mol. The van der Waals surface area contributed by atoms with Crippen LogP contribution >= 0.6 is 22.9 Å². The molecule has 0 saturated heterocycles. The Balaban J connectivity index is 1.82. The molecule has 0 saturated carbocycles. The molecular formula is C19H12ClN3O2S. The summed E-state index contributed by atoms with van der Waals surface area (Å²) in [5.41, 5.74) is 1.93. The second kappa shape index (κ2) is 6.74. The summed E-state index contributed by atoms with van der Waals surface area (Å²) >= 11 is 7.35. The van der Waals surface area contributed by atoms with Gasteiger partial charge < -0.3 is 5.11 Å². The van der Waals surface area contributed by atoms with Gasteiger partial charge in [0.1, 0.15) is 16.9 Å². The SMILES string of the molecule is O=c1c2c(-c3ccc(Cl)cc3)csc2ncn1/N=C\c1ccccc1O. The maximum Gasteiger partial charge on any atom is 0.283 e. The molecule has 0 radical (unpaired) electrons. The first-order valence-electron chi connectivity index (χ1n) is 7.70. The van der Waals surface area contributed by atoms with Crippen LogP contribution in [0.1, 0.15) is 5.56 Å². The van der Waals surface area contributed by atoms with Crippen molar-refractivity contribution in [3.8, 4) is 16.9 Å². The minimum Gasteiger partial charge on any atom is -0.507 e. The summed E-state index contributed by atoms with van der Waals surface area (Å²) in [6, 6.07) is 14.1. The molecule has 0 fully saturated rings. The van der Waals surface area contributed by atoms with E-state index in [0.717, 1.165) is 11.1 Å². The van der Waals surface area contributed by atoms with Crippen LogP contribution in [-0.4, -0.2) is 21.0 Å². The van der Waals surface area contributed by atoms with Gasteiger partial charge in [-0.1, -0.05) is 35.9 Å². The van der Waals surface area contributed by atoms with E-state index in [1.807, 2.05) is 17.5 Å². The minimum absolute atomic E-state index is 0.0933. The van der Waals surface area contributed by atoms with E-state index in [-0.39, 0.29) is 11.3 Å². The van der Waals surface area contributed by atoms with Crippen molar-refractivity contribution in [2.24, 2.45) is 5.10 Å². The van der Waals surface area contributed by atoms with Crippen molar-refractivity contribution >= 4 is 39.4 Å². The Morgan fingerprint density at radius 2 is 1.92 bits per heavy atom. The van der Waals surface area contributed by atoms with Gasteiger partial charge in [-0.3, -0.25) is 4.79 Å². The molecule has 0 spiro atoms. The summed E-state index contributed by atoms with van der Waals surface area (Å²) in [5.74, 6) is 0.0933. The lowest BCUT2D eigenvalue weighted by atomic mass is 10.1. The number of para-hydroxylation sites is 1. The van der Waals surface area contributed by atoms with Gasteiger partial charge in [-0.05, 0) is 29.8 Å². The van der Waals surface area contributed by atoms with E-state index in [1.165, 1.54) is 28.6 Å². The van der Waals surface area contributed by atoms with Gasteiger partial charge in [-0.2, -0.15) is 9.78 Å². The van der Waals surface area contributed by atoms with Gasteiger partial charge in [0.05, 0.1) is 11.6 Å². The predicted octanol–water partition coefficient (Wildman–Crippen LogP) is 4.37. The van der Waals surface area contributed by atoms with Crippen LogP contribution < -0.4 is 5.56 Å². The largest absolute Gasteiger partial charge is 0.507 e. The summed E-state index contributed by atoms with van der Waals surface area (Å²) in [6.07, 6.45) is 2.81. The van der Waals surface area contributed by atoms with Crippen molar-refractivity contribution in [2.75, 3.05) is 0 Å². The average molecular weight is 382 g/mol. The van der Waals surface area contributed by atoms with Gasteiger partial charge in [0.15, 0.2) is 0 Å². The quantitative estimate of drug-likeness (QED) is 0.536. The molecule has 0 atom stereocenters. The summed E-state index contributed by atoms with van der Waals surface area (Å²) < 4.78 is 1.17. The van der Waals surface area contributed by atoms with Crippen molar-refractivity contribution < 1.29 is 5.11 Å². The summed E-state index contributed by atoms with van der Waals surface area (Å²) in [4.78, 5) is 17.9. The van der Waals surface area contributed by atoms with E-state index in [1.54, 1.807) is 36.4 Å². The zero-order chi connectivity index (χ0) is 18.1. The minimum atomic E-state index is -0.270. The molecule has 2 aromatic heterocycles. The highest BCUT2D eigenvalue weighted by atomic mass is 35.5. The van der Waals surface area contributed by atoms with E-state index >= 15 is 0 Å². The third-order valence-electron chi connectivity index (χ3n) is 3.89. The Bertz CT molecular complexity index is 1180. The van der Waals surface area contributed by atoms with E-state index < -0.39 is 0 Å². The number of hydrogen-bond donors (Lipinski definition) is 1. The normalized spacial score (nSPS) is 11.4. The fourth-order valence-electron chi connectivity index (χ4n) is 2.57. The lowest BCUT2D eigenvalue weighted by molar-refractivity contribution is 0.474. The number of hydrogen-bond acceptors (Lipinski definition) is 5. The highest BCUT2D eigenvalue weighted by Crippen LogP contribution is 2.31. The van der Waals surface area contributed by atoms with Crippen molar-refractivity contribution in [3.05, 3.63) is 81.2 Å². The third kappa shape index (κ3) is 3.00. The third-order valence-corrected chi connectivity index (χ3v) is 5.03. The summed E-state index contributed by atoms with van der Waals surface area (Å²) in [6.45, 7) is 0. The van der Waals surface area contributed by atoms with Gasteiger partial charge in [0.25, 0.3) is 5.56 Å². The Kier molecular flexibility index (Phi) is 4.28. The maximum absolute atomic E-state index is 12.9. The molecule has 7 heteroatoms. The molecule has 0 aliphatic rings. The van der Waals surface area contributed by atoms with Gasteiger partial charge in [0.2, 0.25) is 0 Å². The number of fused-ring (bicyclic) bond motifs is 1. The first-order chi connectivity index (χ1) is 12.6. The Hall–Kier alpha value is -2.96. The smallest absolute Gasteiger partial charge is 0.283 e. The zero-order valence-corrected chi connectivity index (χ0v) is 14.9. The summed E-state index contributed by atoms with van der Waals surface area (Å²) in [7, 11) is 0.